The monoisotopic (exact) mass is 113 g/mol. The lowest BCUT2D eigenvalue weighted by Crippen LogP contribution is -1.87. The first-order chi connectivity index (χ1) is 3.79. The van der Waals surface area contributed by atoms with Crippen molar-refractivity contribution in [1.82, 2.24) is 0 Å². The van der Waals surface area contributed by atoms with E-state index in [0.29, 0.717) is 6.10 Å². The fourth-order valence-electron chi connectivity index (χ4n) is 0.353. The number of hydrogen-bond donors (Lipinski definition) is 0. The van der Waals surface area contributed by atoms with Crippen LogP contribution in [0.4, 0.5) is 0 Å². The number of oxime groups is 1. The molecule has 0 atom stereocenters. The topological polar surface area (TPSA) is 21.6 Å². The fraction of sp³-hybridized carbons (Fsp3) is 0.833. The van der Waals surface area contributed by atoms with Gasteiger partial charge >= 0.3 is 0 Å². The summed E-state index contributed by atoms with van der Waals surface area (Å²) in [5, 5.41) is 3.80. The number of hydrogen-bond acceptors (Lipinski definition) is 2. The van der Waals surface area contributed by atoms with Crippen molar-refractivity contribution in [2.75, 3.05) is 0 Å². The first-order valence-corrected chi connectivity index (χ1v) is 2.96. The van der Waals surface area contributed by atoms with Gasteiger partial charge in [0.05, 0.1) is 5.71 Å². The van der Waals surface area contributed by atoms with E-state index in [0.717, 1.165) is 5.71 Å². The van der Waals surface area contributed by atoms with E-state index in [9.17, 15) is 0 Å². The van der Waals surface area contributed by atoms with E-state index in [1.807, 2.05) is 13.8 Å². The molecule has 1 aliphatic carbocycles. The highest BCUT2D eigenvalue weighted by Gasteiger charge is 2.23. The minimum Gasteiger partial charge on any atom is -0.393 e. The van der Waals surface area contributed by atoms with Crippen LogP contribution in [0.25, 0.3) is 0 Å². The summed E-state index contributed by atoms with van der Waals surface area (Å²) >= 11 is 0. The third-order valence-electron chi connectivity index (χ3n) is 0.909. The maximum absolute atomic E-state index is 5.00. The molecule has 0 unspecified atom stereocenters. The van der Waals surface area contributed by atoms with Gasteiger partial charge in [0.15, 0.2) is 0 Å². The summed E-state index contributed by atoms with van der Waals surface area (Å²) in [5.41, 5.74) is 0.997. The molecule has 0 aromatic carbocycles. The van der Waals surface area contributed by atoms with Crippen molar-refractivity contribution in [3.05, 3.63) is 0 Å². The Kier molecular flexibility index (Phi) is 1.51. The number of rotatable bonds is 2. The summed E-state index contributed by atoms with van der Waals surface area (Å²) in [4.78, 5) is 5.00. The molecule has 1 rings (SSSR count). The Balaban J connectivity index is 2.10. The zero-order chi connectivity index (χ0) is 5.98. The normalized spacial score (nSPS) is 17.8. The van der Waals surface area contributed by atoms with Gasteiger partial charge in [-0.3, -0.25) is 0 Å². The van der Waals surface area contributed by atoms with Gasteiger partial charge in [-0.1, -0.05) is 5.16 Å². The molecule has 0 radical (unpaired) electrons. The standard InChI is InChI=1S/C6H11NO/c1-5(2)7-8-6-3-4-6/h6H,3-4H2,1-2H3. The maximum Gasteiger partial charge on any atom is 0.127 e. The van der Waals surface area contributed by atoms with Crippen LogP contribution in [0.2, 0.25) is 0 Å². The van der Waals surface area contributed by atoms with Crippen LogP contribution in [0.3, 0.4) is 0 Å². The summed E-state index contributed by atoms with van der Waals surface area (Å²) in [6.45, 7) is 3.87. The van der Waals surface area contributed by atoms with Crippen molar-refractivity contribution >= 4 is 5.71 Å². The highest BCUT2D eigenvalue weighted by atomic mass is 16.6. The predicted octanol–water partition coefficient (Wildman–Crippen LogP) is 1.56. The lowest BCUT2D eigenvalue weighted by molar-refractivity contribution is 0.129. The van der Waals surface area contributed by atoms with Gasteiger partial charge in [0.2, 0.25) is 0 Å². The van der Waals surface area contributed by atoms with E-state index in [2.05, 4.69) is 5.16 Å². The van der Waals surface area contributed by atoms with Crippen LogP contribution in [-0.2, 0) is 4.84 Å². The molecule has 2 nitrogen and oxygen atoms in total. The Morgan fingerprint density at radius 1 is 1.50 bits per heavy atom. The molecular weight excluding hydrogens is 102 g/mol. The largest absolute Gasteiger partial charge is 0.393 e. The molecule has 1 saturated carbocycles. The quantitative estimate of drug-likeness (QED) is 0.393. The lowest BCUT2D eigenvalue weighted by Gasteiger charge is -1.92. The average Bonchev–Trinajstić information content (AvgIpc) is 2.41. The molecule has 0 amide bonds. The predicted molar refractivity (Wildman–Crippen MR) is 32.9 cm³/mol. The Morgan fingerprint density at radius 3 is 2.50 bits per heavy atom. The molecule has 0 heterocycles. The van der Waals surface area contributed by atoms with Crippen molar-refractivity contribution in [3.63, 3.8) is 0 Å². The van der Waals surface area contributed by atoms with Gasteiger partial charge in [-0.2, -0.15) is 0 Å². The van der Waals surface area contributed by atoms with Crippen LogP contribution < -0.4 is 0 Å². The van der Waals surface area contributed by atoms with Crippen molar-refractivity contribution in [1.29, 1.82) is 0 Å². The SMILES string of the molecule is CC(C)=NOC1CC1. The molecule has 0 aromatic heterocycles. The Bertz CT molecular complexity index is 101. The van der Waals surface area contributed by atoms with Crippen molar-refractivity contribution in [3.8, 4) is 0 Å². The first kappa shape index (κ1) is 5.60. The Labute approximate surface area is 49.5 Å². The van der Waals surface area contributed by atoms with Gasteiger partial charge in [-0.15, -0.1) is 0 Å². The minimum absolute atomic E-state index is 0.449. The van der Waals surface area contributed by atoms with Crippen LogP contribution in [0, 0.1) is 0 Å². The molecule has 0 spiro atoms. The molecule has 2 heteroatoms. The molecule has 0 saturated heterocycles. The smallest absolute Gasteiger partial charge is 0.127 e. The zero-order valence-corrected chi connectivity index (χ0v) is 5.35. The van der Waals surface area contributed by atoms with Crippen molar-refractivity contribution in [2.45, 2.75) is 32.8 Å². The van der Waals surface area contributed by atoms with E-state index in [1.54, 1.807) is 0 Å². The second-order valence-corrected chi connectivity index (χ2v) is 2.34. The second kappa shape index (κ2) is 2.16. The molecule has 0 bridgehead atoms. The molecular formula is C6H11NO. The van der Waals surface area contributed by atoms with Crippen molar-refractivity contribution < 1.29 is 4.84 Å². The molecule has 1 fully saturated rings. The van der Waals surface area contributed by atoms with Gasteiger partial charge < -0.3 is 4.84 Å². The lowest BCUT2D eigenvalue weighted by atomic mass is 10.5. The van der Waals surface area contributed by atoms with Crippen LogP contribution in [-0.4, -0.2) is 11.8 Å². The van der Waals surface area contributed by atoms with E-state index in [-0.39, 0.29) is 0 Å². The molecule has 46 valence electrons. The Morgan fingerprint density at radius 2 is 2.12 bits per heavy atom. The maximum atomic E-state index is 5.00. The summed E-state index contributed by atoms with van der Waals surface area (Å²) in [5.74, 6) is 0. The van der Waals surface area contributed by atoms with Gasteiger partial charge in [0.25, 0.3) is 0 Å². The average molecular weight is 113 g/mol. The number of nitrogens with zero attached hydrogens (tertiary/aromatic N) is 1. The highest BCUT2D eigenvalue weighted by molar-refractivity contribution is 5.78. The molecule has 0 aromatic rings. The Hall–Kier alpha value is -0.530. The summed E-state index contributed by atoms with van der Waals surface area (Å²) in [6, 6.07) is 0. The van der Waals surface area contributed by atoms with E-state index >= 15 is 0 Å². The van der Waals surface area contributed by atoms with Crippen LogP contribution in [0.15, 0.2) is 5.16 Å². The fourth-order valence-corrected chi connectivity index (χ4v) is 0.353. The molecule has 8 heavy (non-hydrogen) atoms. The third-order valence-corrected chi connectivity index (χ3v) is 0.909. The summed E-state index contributed by atoms with van der Waals surface area (Å²) in [6.07, 6.45) is 2.83. The van der Waals surface area contributed by atoms with Crippen LogP contribution >= 0.6 is 0 Å². The second-order valence-electron chi connectivity index (χ2n) is 2.34. The minimum atomic E-state index is 0.449. The highest BCUT2D eigenvalue weighted by Crippen LogP contribution is 2.23. The van der Waals surface area contributed by atoms with Gasteiger partial charge in [-0.05, 0) is 26.7 Å². The van der Waals surface area contributed by atoms with Crippen LogP contribution in [0.5, 0.6) is 0 Å². The van der Waals surface area contributed by atoms with Crippen molar-refractivity contribution in [2.24, 2.45) is 5.16 Å². The van der Waals surface area contributed by atoms with Gasteiger partial charge in [0.1, 0.15) is 6.10 Å². The van der Waals surface area contributed by atoms with Crippen LogP contribution in [0.1, 0.15) is 26.7 Å². The summed E-state index contributed by atoms with van der Waals surface area (Å²) in [7, 11) is 0. The van der Waals surface area contributed by atoms with Gasteiger partial charge in [0, 0.05) is 0 Å². The third kappa shape index (κ3) is 1.96. The van der Waals surface area contributed by atoms with E-state index in [4.69, 9.17) is 4.84 Å². The molecule has 0 aliphatic heterocycles. The molecule has 1 aliphatic rings. The van der Waals surface area contributed by atoms with Gasteiger partial charge in [-0.25, -0.2) is 0 Å². The van der Waals surface area contributed by atoms with E-state index in [1.165, 1.54) is 12.8 Å². The van der Waals surface area contributed by atoms with E-state index < -0.39 is 0 Å². The first-order valence-electron chi connectivity index (χ1n) is 2.96. The molecule has 0 N–H and O–H groups in total. The zero-order valence-electron chi connectivity index (χ0n) is 5.35. The summed E-state index contributed by atoms with van der Waals surface area (Å²) < 4.78 is 0.